The summed E-state index contributed by atoms with van der Waals surface area (Å²) in [6.45, 7) is 1.29. The van der Waals surface area contributed by atoms with E-state index >= 15 is 0 Å². The molecule has 1 aliphatic rings. The summed E-state index contributed by atoms with van der Waals surface area (Å²) in [5.74, 6) is 1.16. The number of amides is 2. The van der Waals surface area contributed by atoms with Gasteiger partial charge in [0.2, 0.25) is 5.91 Å². The van der Waals surface area contributed by atoms with E-state index in [0.717, 1.165) is 29.1 Å². The summed E-state index contributed by atoms with van der Waals surface area (Å²) < 4.78 is 0. The molecule has 1 saturated heterocycles. The fraction of sp³-hybridized carbons (Fsp3) is 0.400. The second-order valence-corrected chi connectivity index (χ2v) is 8.71. The Morgan fingerprint density at radius 1 is 1.15 bits per heavy atom. The zero-order valence-corrected chi connectivity index (χ0v) is 16.8. The quantitative estimate of drug-likeness (QED) is 0.728. The highest BCUT2D eigenvalue weighted by molar-refractivity contribution is 7.98. The fourth-order valence-corrected chi connectivity index (χ4v) is 5.00. The number of carbonyl (C=O) groups excluding carboxylic acids is 2. The minimum absolute atomic E-state index is 0.0393. The zero-order valence-electron chi connectivity index (χ0n) is 15.2. The van der Waals surface area contributed by atoms with Gasteiger partial charge in [0.05, 0.1) is 5.56 Å². The van der Waals surface area contributed by atoms with E-state index in [0.29, 0.717) is 13.1 Å². The first kappa shape index (κ1) is 19.0. The third-order valence-electron chi connectivity index (χ3n) is 4.64. The number of piperidine rings is 1. The average molecular weight is 389 g/mol. The predicted molar refractivity (Wildman–Crippen MR) is 108 cm³/mol. The third kappa shape index (κ3) is 4.48. The number of nitrogens with zero attached hydrogens (tertiary/aromatic N) is 2. The lowest BCUT2D eigenvalue weighted by Crippen LogP contribution is -2.42. The van der Waals surface area contributed by atoms with E-state index in [1.807, 2.05) is 29.2 Å². The van der Waals surface area contributed by atoms with Crippen molar-refractivity contribution in [2.24, 2.45) is 5.92 Å². The molecule has 0 unspecified atom stereocenters. The summed E-state index contributed by atoms with van der Waals surface area (Å²) in [7, 11) is 3.59. The largest absolute Gasteiger partial charge is 0.349 e. The number of likely N-dealkylation sites (tertiary alicyclic amines) is 1. The molecule has 0 spiro atoms. The monoisotopic (exact) mass is 388 g/mol. The van der Waals surface area contributed by atoms with E-state index in [1.54, 1.807) is 42.1 Å². The number of thiophene rings is 1. The Kier molecular flexibility index (Phi) is 6.38. The van der Waals surface area contributed by atoms with Crippen LogP contribution >= 0.6 is 23.1 Å². The van der Waals surface area contributed by atoms with Crippen LogP contribution in [0.1, 0.15) is 28.1 Å². The van der Waals surface area contributed by atoms with Crippen molar-refractivity contribution >= 4 is 34.9 Å². The van der Waals surface area contributed by atoms with Crippen LogP contribution in [0.25, 0.3) is 0 Å². The molecule has 0 aliphatic carbocycles. The van der Waals surface area contributed by atoms with Gasteiger partial charge in [-0.05, 0) is 36.4 Å². The van der Waals surface area contributed by atoms with E-state index < -0.39 is 0 Å². The van der Waals surface area contributed by atoms with Crippen LogP contribution in [0, 0.1) is 5.92 Å². The van der Waals surface area contributed by atoms with Gasteiger partial charge in [0.1, 0.15) is 0 Å². The summed E-state index contributed by atoms with van der Waals surface area (Å²) in [6, 6.07) is 12.0. The second-order valence-electron chi connectivity index (χ2n) is 6.66. The highest BCUT2D eigenvalue weighted by atomic mass is 32.2. The van der Waals surface area contributed by atoms with E-state index in [2.05, 4.69) is 17.5 Å². The van der Waals surface area contributed by atoms with Crippen molar-refractivity contribution in [1.29, 1.82) is 0 Å². The number of thioether (sulfide) groups is 1. The van der Waals surface area contributed by atoms with Gasteiger partial charge in [-0.1, -0.05) is 18.2 Å². The molecule has 2 amide bonds. The molecule has 4 nitrogen and oxygen atoms in total. The lowest BCUT2D eigenvalue weighted by molar-refractivity contribution is -0.134. The molecule has 0 atom stereocenters. The molecule has 0 saturated carbocycles. The Hall–Kier alpha value is -1.79. The average Bonchev–Trinajstić information content (AvgIpc) is 3.19. The molecular formula is C20H24N2O2S2. The molecule has 26 heavy (non-hydrogen) atoms. The molecule has 0 bridgehead atoms. The number of carbonyl (C=O) groups is 2. The van der Waals surface area contributed by atoms with Gasteiger partial charge in [-0.2, -0.15) is 0 Å². The van der Waals surface area contributed by atoms with Gasteiger partial charge in [-0.15, -0.1) is 23.1 Å². The Bertz CT molecular complexity index is 751. The van der Waals surface area contributed by atoms with Gasteiger partial charge in [0.15, 0.2) is 0 Å². The van der Waals surface area contributed by atoms with E-state index in [-0.39, 0.29) is 17.7 Å². The molecule has 1 aromatic heterocycles. The molecule has 1 fully saturated rings. The Labute approximate surface area is 163 Å². The highest BCUT2D eigenvalue weighted by Crippen LogP contribution is 2.29. The second kappa shape index (κ2) is 8.73. The van der Waals surface area contributed by atoms with Gasteiger partial charge in [-0.3, -0.25) is 9.59 Å². The molecule has 1 aromatic carbocycles. The minimum atomic E-state index is 0.0393. The Morgan fingerprint density at radius 3 is 2.54 bits per heavy atom. The number of hydrogen-bond donors (Lipinski definition) is 0. The SMILES string of the molecule is CN(C)C(=O)C1CCN(C(=O)c2ccccc2SCc2cccs2)CC1. The Morgan fingerprint density at radius 2 is 1.88 bits per heavy atom. The summed E-state index contributed by atoms with van der Waals surface area (Å²) in [5, 5.41) is 2.08. The molecule has 138 valence electrons. The van der Waals surface area contributed by atoms with Gasteiger partial charge in [-0.25, -0.2) is 0 Å². The molecule has 2 aromatic rings. The molecule has 1 aliphatic heterocycles. The van der Waals surface area contributed by atoms with Crippen molar-refractivity contribution in [2.45, 2.75) is 23.5 Å². The number of hydrogen-bond acceptors (Lipinski definition) is 4. The van der Waals surface area contributed by atoms with Crippen molar-refractivity contribution in [3.8, 4) is 0 Å². The predicted octanol–water partition coefficient (Wildman–Crippen LogP) is 3.98. The summed E-state index contributed by atoms with van der Waals surface area (Å²) in [6.07, 6.45) is 1.49. The first-order valence-electron chi connectivity index (χ1n) is 8.81. The van der Waals surface area contributed by atoms with Crippen LogP contribution in [0.3, 0.4) is 0 Å². The zero-order chi connectivity index (χ0) is 18.5. The van der Waals surface area contributed by atoms with E-state index in [1.165, 1.54) is 4.88 Å². The third-order valence-corrected chi connectivity index (χ3v) is 6.82. The van der Waals surface area contributed by atoms with Gasteiger partial charge >= 0.3 is 0 Å². The van der Waals surface area contributed by atoms with Crippen LogP contribution in [-0.4, -0.2) is 48.8 Å². The van der Waals surface area contributed by atoms with E-state index in [4.69, 9.17) is 0 Å². The molecular weight excluding hydrogens is 364 g/mol. The standard InChI is InChI=1S/C20H24N2O2S2/c1-21(2)19(23)15-9-11-22(12-10-15)20(24)17-7-3-4-8-18(17)26-14-16-6-5-13-25-16/h3-8,13,15H,9-12,14H2,1-2H3. The maximum atomic E-state index is 13.0. The van der Waals surface area contributed by atoms with Crippen LogP contribution in [0.2, 0.25) is 0 Å². The van der Waals surface area contributed by atoms with Crippen molar-refractivity contribution in [1.82, 2.24) is 9.80 Å². The van der Waals surface area contributed by atoms with Crippen molar-refractivity contribution in [3.05, 3.63) is 52.2 Å². The number of rotatable bonds is 5. The maximum absolute atomic E-state index is 13.0. The number of benzene rings is 1. The van der Waals surface area contributed by atoms with Gasteiger partial charge < -0.3 is 9.80 Å². The lowest BCUT2D eigenvalue weighted by atomic mass is 9.95. The van der Waals surface area contributed by atoms with Crippen LogP contribution in [-0.2, 0) is 10.5 Å². The first-order valence-corrected chi connectivity index (χ1v) is 10.7. The lowest BCUT2D eigenvalue weighted by Gasteiger charge is -2.32. The first-order chi connectivity index (χ1) is 12.6. The normalized spacial score (nSPS) is 15.1. The van der Waals surface area contributed by atoms with Gasteiger partial charge in [0.25, 0.3) is 5.91 Å². The summed E-state index contributed by atoms with van der Waals surface area (Å²) >= 11 is 3.45. The van der Waals surface area contributed by atoms with Crippen LogP contribution < -0.4 is 0 Å². The van der Waals surface area contributed by atoms with Gasteiger partial charge in [0, 0.05) is 48.6 Å². The highest BCUT2D eigenvalue weighted by Gasteiger charge is 2.29. The minimum Gasteiger partial charge on any atom is -0.349 e. The van der Waals surface area contributed by atoms with Crippen LogP contribution in [0.15, 0.2) is 46.7 Å². The van der Waals surface area contributed by atoms with E-state index in [9.17, 15) is 9.59 Å². The molecule has 0 N–H and O–H groups in total. The molecule has 0 radical (unpaired) electrons. The topological polar surface area (TPSA) is 40.6 Å². The van der Waals surface area contributed by atoms with Crippen molar-refractivity contribution in [3.63, 3.8) is 0 Å². The summed E-state index contributed by atoms with van der Waals surface area (Å²) in [4.78, 5) is 31.0. The maximum Gasteiger partial charge on any atom is 0.254 e. The Balaban J connectivity index is 1.64. The molecule has 2 heterocycles. The van der Waals surface area contributed by atoms with Crippen molar-refractivity contribution < 1.29 is 9.59 Å². The van der Waals surface area contributed by atoms with Crippen molar-refractivity contribution in [2.75, 3.05) is 27.2 Å². The van der Waals surface area contributed by atoms with Crippen LogP contribution in [0.4, 0.5) is 0 Å². The molecule has 3 rings (SSSR count). The summed E-state index contributed by atoms with van der Waals surface area (Å²) in [5.41, 5.74) is 0.770. The smallest absolute Gasteiger partial charge is 0.254 e. The molecule has 6 heteroatoms. The fourth-order valence-electron chi connectivity index (χ4n) is 3.18. The van der Waals surface area contributed by atoms with Crippen LogP contribution in [0.5, 0.6) is 0 Å².